The van der Waals surface area contributed by atoms with Gasteiger partial charge in [-0.3, -0.25) is 10.1 Å². The van der Waals surface area contributed by atoms with Crippen molar-refractivity contribution >= 4 is 5.91 Å². The van der Waals surface area contributed by atoms with E-state index >= 15 is 0 Å². The molecule has 1 saturated heterocycles. The average molecular weight is 294 g/mol. The van der Waals surface area contributed by atoms with Crippen molar-refractivity contribution in [3.05, 3.63) is 35.4 Å². The Labute approximate surface area is 123 Å². The van der Waals surface area contributed by atoms with Crippen molar-refractivity contribution in [1.29, 1.82) is 0 Å². The molecule has 0 spiro atoms. The highest BCUT2D eigenvalue weighted by Crippen LogP contribution is 2.44. The first kappa shape index (κ1) is 14.4. The zero-order valence-electron chi connectivity index (χ0n) is 12.3. The van der Waals surface area contributed by atoms with Gasteiger partial charge in [0.2, 0.25) is 5.91 Å². The fourth-order valence-corrected chi connectivity index (χ4v) is 3.66. The molecule has 1 aliphatic carbocycles. The van der Waals surface area contributed by atoms with Crippen molar-refractivity contribution in [2.75, 3.05) is 6.54 Å². The number of nitrogens with one attached hydrogen (secondary N) is 1. The Hall–Kier alpha value is -1.49. The maximum absolute atomic E-state index is 13.5. The summed E-state index contributed by atoms with van der Waals surface area (Å²) in [6.45, 7) is 4.58. The van der Waals surface area contributed by atoms with Crippen LogP contribution < -0.4 is 5.32 Å². The maximum Gasteiger partial charge on any atom is 0.238 e. The predicted octanol–water partition coefficient (Wildman–Crippen LogP) is 2.97. The lowest BCUT2D eigenvalue weighted by molar-refractivity contribution is -0.132. The van der Waals surface area contributed by atoms with Gasteiger partial charge in [0.05, 0.1) is 6.54 Å². The summed E-state index contributed by atoms with van der Waals surface area (Å²) >= 11 is 0. The summed E-state index contributed by atoms with van der Waals surface area (Å²) in [7, 11) is 0. The molecule has 1 aromatic rings. The Morgan fingerprint density at radius 3 is 2.67 bits per heavy atom. The Kier molecular flexibility index (Phi) is 3.48. The lowest BCUT2D eigenvalue weighted by atomic mass is 9.86. The van der Waals surface area contributed by atoms with E-state index < -0.39 is 11.6 Å². The molecule has 0 aromatic heterocycles. The van der Waals surface area contributed by atoms with Crippen molar-refractivity contribution in [2.45, 2.75) is 45.3 Å². The van der Waals surface area contributed by atoms with E-state index in [-0.39, 0.29) is 30.1 Å². The summed E-state index contributed by atoms with van der Waals surface area (Å²) in [5.41, 5.74) is 0.654. The van der Waals surface area contributed by atoms with Gasteiger partial charge >= 0.3 is 0 Å². The summed E-state index contributed by atoms with van der Waals surface area (Å²) in [4.78, 5) is 14.1. The topological polar surface area (TPSA) is 32.3 Å². The van der Waals surface area contributed by atoms with E-state index in [0.717, 1.165) is 25.3 Å². The normalized spacial score (nSPS) is 28.4. The molecule has 0 radical (unpaired) electrons. The van der Waals surface area contributed by atoms with Crippen LogP contribution in [0.4, 0.5) is 8.78 Å². The van der Waals surface area contributed by atoms with E-state index in [2.05, 4.69) is 19.2 Å². The van der Waals surface area contributed by atoms with Gasteiger partial charge in [0, 0.05) is 6.04 Å². The fourth-order valence-electron chi connectivity index (χ4n) is 3.66. The van der Waals surface area contributed by atoms with Crippen LogP contribution >= 0.6 is 0 Å². The minimum atomic E-state index is -0.876. The molecule has 114 valence electrons. The van der Waals surface area contributed by atoms with E-state index in [1.54, 1.807) is 6.07 Å². The van der Waals surface area contributed by atoms with Crippen LogP contribution in [0.3, 0.4) is 0 Å². The molecular weight excluding hydrogens is 274 g/mol. The Balaban J connectivity index is 1.94. The van der Waals surface area contributed by atoms with Crippen molar-refractivity contribution in [2.24, 2.45) is 5.41 Å². The van der Waals surface area contributed by atoms with Gasteiger partial charge < -0.3 is 4.90 Å². The molecule has 1 N–H and O–H groups in total. The van der Waals surface area contributed by atoms with Crippen molar-refractivity contribution in [3.8, 4) is 0 Å². The summed E-state index contributed by atoms with van der Waals surface area (Å²) in [5.74, 6) is -1.71. The van der Waals surface area contributed by atoms with Crippen LogP contribution in [0.25, 0.3) is 0 Å². The third kappa shape index (κ3) is 2.44. The highest BCUT2D eigenvalue weighted by Gasteiger charge is 2.45. The monoisotopic (exact) mass is 294 g/mol. The second-order valence-electron chi connectivity index (χ2n) is 6.65. The average Bonchev–Trinajstić information content (AvgIpc) is 2.95. The van der Waals surface area contributed by atoms with E-state index in [0.29, 0.717) is 5.56 Å². The van der Waals surface area contributed by atoms with Crippen LogP contribution in [0.15, 0.2) is 18.2 Å². The van der Waals surface area contributed by atoms with Crippen LogP contribution in [-0.4, -0.2) is 23.4 Å². The minimum absolute atomic E-state index is 0.0321. The number of hydrogen-bond donors (Lipinski definition) is 1. The number of nitrogens with zero attached hydrogens (tertiary/aromatic N) is 1. The molecule has 1 heterocycles. The van der Waals surface area contributed by atoms with Crippen LogP contribution in [0.1, 0.15) is 44.8 Å². The summed E-state index contributed by atoms with van der Waals surface area (Å²) in [6, 6.07) is 3.98. The Morgan fingerprint density at radius 2 is 2.05 bits per heavy atom. The molecule has 2 aliphatic rings. The van der Waals surface area contributed by atoms with Gasteiger partial charge in [-0.1, -0.05) is 26.3 Å². The third-order valence-electron chi connectivity index (χ3n) is 4.81. The molecule has 3 nitrogen and oxygen atoms in total. The van der Waals surface area contributed by atoms with E-state index in [1.807, 2.05) is 4.90 Å². The molecule has 1 aromatic carbocycles. The van der Waals surface area contributed by atoms with Crippen LogP contribution in [0, 0.1) is 17.0 Å². The Morgan fingerprint density at radius 1 is 1.29 bits per heavy atom. The molecule has 2 fully saturated rings. The predicted molar refractivity (Wildman–Crippen MR) is 75.4 cm³/mol. The van der Waals surface area contributed by atoms with Gasteiger partial charge in [0.1, 0.15) is 6.17 Å². The van der Waals surface area contributed by atoms with Crippen LogP contribution in [0.5, 0.6) is 0 Å². The van der Waals surface area contributed by atoms with E-state index in [1.165, 1.54) is 6.07 Å². The number of halogens is 2. The standard InChI is InChI=1S/C16H20F2N2O/c1-16(2)7-3-4-13(16)20-14(21)9-19-15(20)10-5-6-11(17)12(18)8-10/h5-6,8,13,15,19H,3-4,7,9H2,1-2H3. The molecule has 1 saturated carbocycles. The van der Waals surface area contributed by atoms with Gasteiger partial charge in [-0.2, -0.15) is 0 Å². The number of carbonyl (C=O) groups excluding carboxylic acids is 1. The number of hydrogen-bond acceptors (Lipinski definition) is 2. The first-order valence-electron chi connectivity index (χ1n) is 7.40. The molecular formula is C16H20F2N2O. The van der Waals surface area contributed by atoms with Crippen molar-refractivity contribution in [1.82, 2.24) is 10.2 Å². The lowest BCUT2D eigenvalue weighted by Crippen LogP contribution is -2.45. The minimum Gasteiger partial charge on any atom is -0.318 e. The van der Waals surface area contributed by atoms with Gasteiger partial charge in [-0.05, 0) is 36.0 Å². The summed E-state index contributed by atoms with van der Waals surface area (Å²) in [6.07, 6.45) is 2.76. The highest BCUT2D eigenvalue weighted by atomic mass is 19.2. The van der Waals surface area contributed by atoms with Gasteiger partial charge in [-0.25, -0.2) is 8.78 Å². The molecule has 2 atom stereocenters. The maximum atomic E-state index is 13.5. The summed E-state index contributed by atoms with van der Waals surface area (Å²) < 4.78 is 26.6. The van der Waals surface area contributed by atoms with Gasteiger partial charge in [0.15, 0.2) is 11.6 Å². The molecule has 21 heavy (non-hydrogen) atoms. The van der Waals surface area contributed by atoms with Gasteiger partial charge in [-0.15, -0.1) is 0 Å². The SMILES string of the molecule is CC1(C)CCCC1N1C(=O)CNC1c1ccc(F)c(F)c1. The summed E-state index contributed by atoms with van der Waals surface area (Å²) in [5, 5.41) is 3.12. The molecule has 2 unspecified atom stereocenters. The zero-order chi connectivity index (χ0) is 15.2. The molecule has 1 amide bonds. The van der Waals surface area contributed by atoms with Crippen molar-refractivity contribution < 1.29 is 13.6 Å². The molecule has 3 rings (SSSR count). The van der Waals surface area contributed by atoms with Crippen LogP contribution in [0.2, 0.25) is 0 Å². The van der Waals surface area contributed by atoms with Gasteiger partial charge in [0.25, 0.3) is 0 Å². The van der Waals surface area contributed by atoms with E-state index in [4.69, 9.17) is 0 Å². The molecule has 5 heteroatoms. The zero-order valence-corrected chi connectivity index (χ0v) is 12.3. The second-order valence-corrected chi connectivity index (χ2v) is 6.65. The number of amides is 1. The lowest BCUT2D eigenvalue weighted by Gasteiger charge is -2.38. The molecule has 1 aliphatic heterocycles. The highest BCUT2D eigenvalue weighted by molar-refractivity contribution is 5.81. The largest absolute Gasteiger partial charge is 0.318 e. The van der Waals surface area contributed by atoms with Crippen molar-refractivity contribution in [3.63, 3.8) is 0 Å². The number of rotatable bonds is 2. The Bertz CT molecular complexity index is 573. The quantitative estimate of drug-likeness (QED) is 0.909. The fraction of sp³-hybridized carbons (Fsp3) is 0.562. The van der Waals surface area contributed by atoms with Crippen LogP contribution in [-0.2, 0) is 4.79 Å². The van der Waals surface area contributed by atoms with E-state index in [9.17, 15) is 13.6 Å². The second kappa shape index (κ2) is 5.05. The number of carbonyl (C=O) groups is 1. The smallest absolute Gasteiger partial charge is 0.238 e. The molecule has 0 bridgehead atoms. The first-order valence-corrected chi connectivity index (χ1v) is 7.40. The number of benzene rings is 1. The first-order chi connectivity index (χ1) is 9.90. The third-order valence-corrected chi connectivity index (χ3v) is 4.81.